The zero-order chi connectivity index (χ0) is 15.2. The predicted octanol–water partition coefficient (Wildman–Crippen LogP) is 2.41. The molecule has 0 aromatic heterocycles. The third-order valence-corrected chi connectivity index (χ3v) is 4.66. The molecule has 5 heteroatoms. The lowest BCUT2D eigenvalue weighted by atomic mass is 9.82. The molecule has 0 spiro atoms. The Morgan fingerprint density at radius 3 is 2.62 bits per heavy atom. The van der Waals surface area contributed by atoms with Crippen LogP contribution in [-0.4, -0.2) is 48.0 Å². The zero-order valence-corrected chi connectivity index (χ0v) is 13.4. The van der Waals surface area contributed by atoms with Gasteiger partial charge >= 0.3 is 0 Å². The van der Waals surface area contributed by atoms with Gasteiger partial charge in [-0.1, -0.05) is 0 Å². The Bertz CT molecular complexity index is 457. The number of carbonyl (C=O) groups excluding carboxylic acids is 1. The number of hydrogen-bond donors (Lipinski definition) is 1. The first kappa shape index (κ1) is 16.2. The van der Waals surface area contributed by atoms with E-state index in [2.05, 4.69) is 0 Å². The van der Waals surface area contributed by atoms with E-state index in [1.165, 1.54) is 0 Å². The molecule has 0 heterocycles. The Labute approximate surface area is 130 Å². The molecule has 0 bridgehead atoms. The second-order valence-corrected chi connectivity index (χ2v) is 6.51. The number of thioether (sulfide) groups is 1. The normalized spacial score (nSPS) is 20.7. The molecule has 1 aliphatic carbocycles. The lowest BCUT2D eigenvalue weighted by molar-refractivity contribution is -0.128. The van der Waals surface area contributed by atoms with E-state index in [1.807, 2.05) is 38.2 Å². The summed E-state index contributed by atoms with van der Waals surface area (Å²) in [4.78, 5) is 14.9. The van der Waals surface area contributed by atoms with Crippen molar-refractivity contribution in [3.63, 3.8) is 0 Å². The number of aliphatic hydroxyl groups excluding tert-OH is 1. The summed E-state index contributed by atoms with van der Waals surface area (Å²) >= 11 is 1.54. The second kappa shape index (κ2) is 7.71. The van der Waals surface area contributed by atoms with Crippen LogP contribution in [-0.2, 0) is 4.79 Å². The van der Waals surface area contributed by atoms with E-state index in [0.717, 1.165) is 30.0 Å². The lowest BCUT2D eigenvalue weighted by Gasteiger charge is -2.34. The van der Waals surface area contributed by atoms with Gasteiger partial charge in [-0.15, -0.1) is 11.8 Å². The number of carbonyl (C=O) groups is 1. The molecule has 4 nitrogen and oxygen atoms in total. The van der Waals surface area contributed by atoms with E-state index >= 15 is 0 Å². The van der Waals surface area contributed by atoms with Gasteiger partial charge in [-0.05, 0) is 49.9 Å². The highest BCUT2D eigenvalue weighted by Gasteiger charge is 2.28. The van der Waals surface area contributed by atoms with E-state index in [1.54, 1.807) is 16.7 Å². The van der Waals surface area contributed by atoms with Crippen molar-refractivity contribution >= 4 is 17.7 Å². The SMILES string of the molecule is CCOc1ccc(SCC(=O)N(C)CC2CC(O)C2)cc1. The molecule has 116 valence electrons. The first-order valence-electron chi connectivity index (χ1n) is 7.36. The van der Waals surface area contributed by atoms with Crippen LogP contribution in [0.3, 0.4) is 0 Å². The molecule has 1 aromatic rings. The number of rotatable bonds is 7. The molecule has 1 aromatic carbocycles. The van der Waals surface area contributed by atoms with Gasteiger partial charge in [-0.2, -0.15) is 0 Å². The number of hydrogen-bond acceptors (Lipinski definition) is 4. The fraction of sp³-hybridized carbons (Fsp3) is 0.562. The van der Waals surface area contributed by atoms with Crippen LogP contribution in [0, 0.1) is 5.92 Å². The fourth-order valence-corrected chi connectivity index (χ4v) is 3.23. The van der Waals surface area contributed by atoms with Crippen molar-refractivity contribution in [3.05, 3.63) is 24.3 Å². The molecule has 0 radical (unpaired) electrons. The molecule has 1 aliphatic rings. The van der Waals surface area contributed by atoms with Crippen LogP contribution in [0.1, 0.15) is 19.8 Å². The van der Waals surface area contributed by atoms with Crippen molar-refractivity contribution in [3.8, 4) is 5.75 Å². The maximum atomic E-state index is 12.1. The summed E-state index contributed by atoms with van der Waals surface area (Å²) in [6.07, 6.45) is 1.49. The topological polar surface area (TPSA) is 49.8 Å². The first-order chi connectivity index (χ1) is 10.1. The minimum absolute atomic E-state index is 0.135. The van der Waals surface area contributed by atoms with Crippen LogP contribution in [0.4, 0.5) is 0 Å². The summed E-state index contributed by atoms with van der Waals surface area (Å²) in [6.45, 7) is 3.36. The predicted molar refractivity (Wildman–Crippen MR) is 84.7 cm³/mol. The van der Waals surface area contributed by atoms with Gasteiger partial charge in [-0.3, -0.25) is 4.79 Å². The van der Waals surface area contributed by atoms with Crippen LogP contribution in [0.5, 0.6) is 5.75 Å². The number of amides is 1. The van der Waals surface area contributed by atoms with Crippen LogP contribution in [0.2, 0.25) is 0 Å². The molecule has 1 fully saturated rings. The van der Waals surface area contributed by atoms with Crippen molar-refractivity contribution in [2.75, 3.05) is 26.0 Å². The highest BCUT2D eigenvalue weighted by Crippen LogP contribution is 2.28. The maximum absolute atomic E-state index is 12.1. The van der Waals surface area contributed by atoms with Gasteiger partial charge in [0.05, 0.1) is 18.5 Å². The van der Waals surface area contributed by atoms with Gasteiger partial charge in [0.25, 0.3) is 0 Å². The summed E-state index contributed by atoms with van der Waals surface area (Å²) in [5, 5.41) is 9.26. The fourth-order valence-electron chi connectivity index (χ4n) is 2.39. The molecule has 21 heavy (non-hydrogen) atoms. The van der Waals surface area contributed by atoms with Gasteiger partial charge in [0, 0.05) is 18.5 Å². The van der Waals surface area contributed by atoms with Crippen molar-refractivity contribution in [1.29, 1.82) is 0 Å². The molecular weight excluding hydrogens is 286 g/mol. The van der Waals surface area contributed by atoms with Crippen molar-refractivity contribution < 1.29 is 14.6 Å². The lowest BCUT2D eigenvalue weighted by Crippen LogP contribution is -2.40. The second-order valence-electron chi connectivity index (χ2n) is 5.46. The summed E-state index contributed by atoms with van der Waals surface area (Å²) in [5.41, 5.74) is 0. The minimum Gasteiger partial charge on any atom is -0.494 e. The Morgan fingerprint density at radius 2 is 2.05 bits per heavy atom. The summed E-state index contributed by atoms with van der Waals surface area (Å²) < 4.78 is 5.39. The third kappa shape index (κ3) is 4.93. The van der Waals surface area contributed by atoms with Gasteiger partial charge in [0.1, 0.15) is 5.75 Å². The van der Waals surface area contributed by atoms with Crippen LogP contribution in [0.25, 0.3) is 0 Å². The molecular formula is C16H23NO3S. The molecule has 1 saturated carbocycles. The Kier molecular flexibility index (Phi) is 5.94. The molecule has 0 aliphatic heterocycles. The maximum Gasteiger partial charge on any atom is 0.232 e. The molecule has 1 N–H and O–H groups in total. The molecule has 0 unspecified atom stereocenters. The Morgan fingerprint density at radius 1 is 1.38 bits per heavy atom. The molecule has 2 rings (SSSR count). The van der Waals surface area contributed by atoms with Crippen LogP contribution in [0.15, 0.2) is 29.2 Å². The van der Waals surface area contributed by atoms with E-state index < -0.39 is 0 Å². The summed E-state index contributed by atoms with van der Waals surface area (Å²) in [6, 6.07) is 7.81. The Hall–Kier alpha value is -1.20. The zero-order valence-electron chi connectivity index (χ0n) is 12.6. The average molecular weight is 309 g/mol. The highest BCUT2D eigenvalue weighted by molar-refractivity contribution is 8.00. The van der Waals surface area contributed by atoms with Gasteiger partial charge in [-0.25, -0.2) is 0 Å². The monoisotopic (exact) mass is 309 g/mol. The summed E-state index contributed by atoms with van der Waals surface area (Å²) in [5.74, 6) is 1.90. The van der Waals surface area contributed by atoms with Crippen molar-refractivity contribution in [2.45, 2.75) is 30.8 Å². The molecule has 0 atom stereocenters. The van der Waals surface area contributed by atoms with E-state index in [4.69, 9.17) is 4.74 Å². The number of benzene rings is 1. The third-order valence-electron chi connectivity index (χ3n) is 3.67. The highest BCUT2D eigenvalue weighted by atomic mass is 32.2. The molecule has 1 amide bonds. The number of ether oxygens (including phenoxy) is 1. The Balaban J connectivity index is 1.72. The van der Waals surface area contributed by atoms with E-state index in [9.17, 15) is 9.90 Å². The van der Waals surface area contributed by atoms with E-state index in [0.29, 0.717) is 18.3 Å². The minimum atomic E-state index is -0.156. The number of nitrogens with zero attached hydrogens (tertiary/aromatic N) is 1. The van der Waals surface area contributed by atoms with Gasteiger partial charge in [0.2, 0.25) is 5.91 Å². The largest absolute Gasteiger partial charge is 0.494 e. The smallest absolute Gasteiger partial charge is 0.232 e. The van der Waals surface area contributed by atoms with Gasteiger partial charge in [0.15, 0.2) is 0 Å². The van der Waals surface area contributed by atoms with E-state index in [-0.39, 0.29) is 12.0 Å². The first-order valence-corrected chi connectivity index (χ1v) is 8.34. The average Bonchev–Trinajstić information content (AvgIpc) is 2.45. The van der Waals surface area contributed by atoms with Gasteiger partial charge < -0.3 is 14.7 Å². The standard InChI is InChI=1S/C16H23NO3S/c1-3-20-14-4-6-15(7-5-14)21-11-16(19)17(2)10-12-8-13(18)9-12/h4-7,12-13,18H,3,8-11H2,1-2H3. The number of aliphatic hydroxyl groups is 1. The quantitative estimate of drug-likeness (QED) is 0.786. The van der Waals surface area contributed by atoms with Crippen molar-refractivity contribution in [1.82, 2.24) is 4.90 Å². The van der Waals surface area contributed by atoms with Crippen LogP contribution < -0.4 is 4.74 Å². The van der Waals surface area contributed by atoms with Crippen molar-refractivity contribution in [2.24, 2.45) is 5.92 Å². The summed E-state index contributed by atoms with van der Waals surface area (Å²) in [7, 11) is 1.84. The molecule has 0 saturated heterocycles. The van der Waals surface area contributed by atoms with Crippen LogP contribution >= 0.6 is 11.8 Å².